The Balaban J connectivity index is 1.77. The summed E-state index contributed by atoms with van der Waals surface area (Å²) >= 11 is 8.18. The van der Waals surface area contributed by atoms with E-state index in [1.807, 2.05) is 19.2 Å². The maximum absolute atomic E-state index is 11.9. The lowest BCUT2D eigenvalue weighted by molar-refractivity contribution is 0.0957. The Morgan fingerprint density at radius 2 is 2.32 bits per heavy atom. The van der Waals surface area contributed by atoms with E-state index in [4.69, 9.17) is 0 Å². The number of thiophene rings is 1. The van der Waals surface area contributed by atoms with Gasteiger partial charge in [0.2, 0.25) is 0 Å². The number of amides is 1. The van der Waals surface area contributed by atoms with E-state index in [-0.39, 0.29) is 5.91 Å². The van der Waals surface area contributed by atoms with Crippen LogP contribution in [0.15, 0.2) is 20.5 Å². The second-order valence-electron chi connectivity index (χ2n) is 4.11. The standard InChI is InChI=1S/C12H13Br2N3OS/c1-7-8(6-16-17-7)3-2-4-15-12(18)10-5-9(13)11(14)19-10/h5-6H,2-4H2,1H3,(H,15,18)(H,16,17). The van der Waals surface area contributed by atoms with Gasteiger partial charge in [-0.3, -0.25) is 9.89 Å². The van der Waals surface area contributed by atoms with Gasteiger partial charge in [0.05, 0.1) is 14.9 Å². The number of aromatic nitrogens is 2. The van der Waals surface area contributed by atoms with Crippen molar-refractivity contribution in [3.8, 4) is 0 Å². The molecule has 0 atom stereocenters. The molecule has 1 amide bonds. The minimum absolute atomic E-state index is 0.0275. The molecule has 0 saturated carbocycles. The number of hydrogen-bond acceptors (Lipinski definition) is 3. The van der Waals surface area contributed by atoms with Gasteiger partial charge >= 0.3 is 0 Å². The largest absolute Gasteiger partial charge is 0.351 e. The number of carbonyl (C=O) groups excluding carboxylic acids is 1. The zero-order chi connectivity index (χ0) is 13.8. The van der Waals surface area contributed by atoms with Crippen LogP contribution < -0.4 is 5.32 Å². The van der Waals surface area contributed by atoms with Gasteiger partial charge in [-0.1, -0.05) is 0 Å². The highest BCUT2D eigenvalue weighted by Gasteiger charge is 2.11. The van der Waals surface area contributed by atoms with E-state index in [9.17, 15) is 4.79 Å². The Hall–Kier alpha value is -0.660. The van der Waals surface area contributed by atoms with E-state index >= 15 is 0 Å². The number of nitrogens with one attached hydrogen (secondary N) is 2. The minimum Gasteiger partial charge on any atom is -0.351 e. The Labute approximate surface area is 132 Å². The average Bonchev–Trinajstić information content (AvgIpc) is 2.92. The molecule has 0 aliphatic rings. The number of H-pyrrole nitrogens is 1. The zero-order valence-corrected chi connectivity index (χ0v) is 14.3. The average molecular weight is 407 g/mol. The van der Waals surface area contributed by atoms with E-state index in [1.54, 1.807) is 0 Å². The second kappa shape index (κ2) is 6.67. The predicted octanol–water partition coefficient (Wildman–Crippen LogP) is 3.67. The van der Waals surface area contributed by atoms with Crippen LogP contribution in [0.5, 0.6) is 0 Å². The molecule has 2 aromatic heterocycles. The molecule has 2 heterocycles. The fourth-order valence-electron chi connectivity index (χ4n) is 1.65. The number of aromatic amines is 1. The lowest BCUT2D eigenvalue weighted by Crippen LogP contribution is -2.23. The summed E-state index contributed by atoms with van der Waals surface area (Å²) < 4.78 is 1.85. The Morgan fingerprint density at radius 1 is 1.53 bits per heavy atom. The number of aryl methyl sites for hydroxylation is 2. The highest BCUT2D eigenvalue weighted by atomic mass is 79.9. The summed E-state index contributed by atoms with van der Waals surface area (Å²) in [6.45, 7) is 2.66. The first kappa shape index (κ1) is 14.7. The van der Waals surface area contributed by atoms with Gasteiger partial charge in [0.1, 0.15) is 0 Å². The van der Waals surface area contributed by atoms with Crippen LogP contribution >= 0.6 is 43.2 Å². The molecule has 0 bridgehead atoms. The van der Waals surface area contributed by atoms with Crippen LogP contribution in [0, 0.1) is 6.92 Å². The Kier molecular flexibility index (Phi) is 5.18. The number of halogens is 2. The molecule has 4 nitrogen and oxygen atoms in total. The molecule has 7 heteroatoms. The fourth-order valence-corrected chi connectivity index (χ4v) is 3.61. The highest BCUT2D eigenvalue weighted by Crippen LogP contribution is 2.32. The van der Waals surface area contributed by atoms with Gasteiger partial charge in [0, 0.05) is 16.7 Å². The summed E-state index contributed by atoms with van der Waals surface area (Å²) in [6.07, 6.45) is 3.66. The number of carbonyl (C=O) groups is 1. The second-order valence-corrected chi connectivity index (χ2v) is 7.34. The topological polar surface area (TPSA) is 57.8 Å². The molecule has 0 aliphatic carbocycles. The van der Waals surface area contributed by atoms with Crippen LogP contribution in [0.4, 0.5) is 0 Å². The van der Waals surface area contributed by atoms with E-state index in [1.165, 1.54) is 16.9 Å². The van der Waals surface area contributed by atoms with E-state index < -0.39 is 0 Å². The summed E-state index contributed by atoms with van der Waals surface area (Å²) in [5.74, 6) is -0.0275. The lowest BCUT2D eigenvalue weighted by Gasteiger charge is -2.03. The van der Waals surface area contributed by atoms with Gasteiger partial charge < -0.3 is 5.32 Å². The van der Waals surface area contributed by atoms with Crippen molar-refractivity contribution >= 4 is 49.1 Å². The highest BCUT2D eigenvalue weighted by molar-refractivity contribution is 9.13. The summed E-state index contributed by atoms with van der Waals surface area (Å²) in [4.78, 5) is 12.6. The van der Waals surface area contributed by atoms with Crippen molar-refractivity contribution in [3.05, 3.63) is 36.7 Å². The van der Waals surface area contributed by atoms with Gasteiger partial charge in [-0.15, -0.1) is 11.3 Å². The quantitative estimate of drug-likeness (QED) is 0.744. The van der Waals surface area contributed by atoms with Crippen molar-refractivity contribution in [1.82, 2.24) is 15.5 Å². The number of rotatable bonds is 5. The molecule has 0 spiro atoms. The molecule has 2 rings (SSSR count). The first-order chi connectivity index (χ1) is 9.08. The molecule has 0 unspecified atom stereocenters. The van der Waals surface area contributed by atoms with Crippen LogP contribution in [0.3, 0.4) is 0 Å². The third-order valence-corrected chi connectivity index (χ3v) is 5.97. The third-order valence-electron chi connectivity index (χ3n) is 2.71. The fraction of sp³-hybridized carbons (Fsp3) is 0.333. The lowest BCUT2D eigenvalue weighted by atomic mass is 10.1. The monoisotopic (exact) mass is 405 g/mol. The first-order valence-corrected chi connectivity index (χ1v) is 8.20. The molecule has 0 aliphatic heterocycles. The normalized spacial score (nSPS) is 10.7. The number of nitrogens with zero attached hydrogens (tertiary/aromatic N) is 1. The molecular formula is C12H13Br2N3OS. The van der Waals surface area contributed by atoms with Crippen LogP contribution in [-0.2, 0) is 6.42 Å². The van der Waals surface area contributed by atoms with Crippen molar-refractivity contribution in [3.63, 3.8) is 0 Å². The Morgan fingerprint density at radius 3 is 2.89 bits per heavy atom. The van der Waals surface area contributed by atoms with Crippen LogP contribution in [0.25, 0.3) is 0 Å². The minimum atomic E-state index is -0.0275. The third kappa shape index (κ3) is 3.90. The van der Waals surface area contributed by atoms with Gasteiger partial charge in [-0.2, -0.15) is 5.10 Å². The van der Waals surface area contributed by atoms with E-state index in [0.717, 1.165) is 26.8 Å². The molecule has 0 saturated heterocycles. The van der Waals surface area contributed by atoms with Crippen LogP contribution in [0.2, 0.25) is 0 Å². The van der Waals surface area contributed by atoms with Crippen molar-refractivity contribution in [2.75, 3.05) is 6.54 Å². The Bertz CT molecular complexity index is 560. The van der Waals surface area contributed by atoms with Gasteiger partial charge in [-0.25, -0.2) is 0 Å². The maximum Gasteiger partial charge on any atom is 0.261 e. The first-order valence-electron chi connectivity index (χ1n) is 5.80. The zero-order valence-electron chi connectivity index (χ0n) is 10.3. The van der Waals surface area contributed by atoms with Crippen molar-refractivity contribution in [1.29, 1.82) is 0 Å². The van der Waals surface area contributed by atoms with E-state index in [2.05, 4.69) is 47.4 Å². The summed E-state index contributed by atoms with van der Waals surface area (Å²) in [7, 11) is 0. The molecule has 2 N–H and O–H groups in total. The van der Waals surface area contributed by atoms with Crippen molar-refractivity contribution in [2.24, 2.45) is 0 Å². The van der Waals surface area contributed by atoms with Crippen LogP contribution in [-0.4, -0.2) is 22.6 Å². The molecule has 0 fully saturated rings. The van der Waals surface area contributed by atoms with Gasteiger partial charge in [0.15, 0.2) is 0 Å². The smallest absolute Gasteiger partial charge is 0.261 e. The van der Waals surface area contributed by atoms with Gasteiger partial charge in [-0.05, 0) is 63.3 Å². The maximum atomic E-state index is 11.9. The van der Waals surface area contributed by atoms with Crippen LogP contribution in [0.1, 0.15) is 27.3 Å². The summed E-state index contributed by atoms with van der Waals surface area (Å²) in [6, 6.07) is 1.82. The molecular weight excluding hydrogens is 394 g/mol. The van der Waals surface area contributed by atoms with E-state index in [0.29, 0.717) is 11.4 Å². The molecule has 0 radical (unpaired) electrons. The molecule has 0 aromatic carbocycles. The molecule has 2 aromatic rings. The molecule has 19 heavy (non-hydrogen) atoms. The molecule has 102 valence electrons. The predicted molar refractivity (Wildman–Crippen MR) is 83.7 cm³/mol. The number of hydrogen-bond donors (Lipinski definition) is 2. The van der Waals surface area contributed by atoms with Crippen molar-refractivity contribution < 1.29 is 4.79 Å². The van der Waals surface area contributed by atoms with Gasteiger partial charge in [0.25, 0.3) is 5.91 Å². The summed E-state index contributed by atoms with van der Waals surface area (Å²) in [5.41, 5.74) is 2.30. The summed E-state index contributed by atoms with van der Waals surface area (Å²) in [5, 5.41) is 9.80. The van der Waals surface area contributed by atoms with Crippen molar-refractivity contribution in [2.45, 2.75) is 19.8 Å². The SMILES string of the molecule is Cc1[nH]ncc1CCCNC(=O)c1cc(Br)c(Br)s1.